The Hall–Kier alpha value is -7.64. The third kappa shape index (κ3) is 3.83. The van der Waals surface area contributed by atoms with Crippen LogP contribution in [0.4, 0.5) is 0 Å². The number of rotatable bonds is 2. The van der Waals surface area contributed by atoms with E-state index in [-0.39, 0.29) is 0 Å². The highest BCUT2D eigenvalue weighted by Crippen LogP contribution is 2.49. The van der Waals surface area contributed by atoms with Crippen LogP contribution >= 0.6 is 0 Å². The minimum atomic E-state index is 0.548. The average Bonchev–Trinajstić information content (AvgIpc) is 3.93. The number of furan rings is 2. The van der Waals surface area contributed by atoms with Gasteiger partial charge < -0.3 is 8.83 Å². The molecule has 0 bridgehead atoms. The molecule has 7 heteroatoms. The molecule has 0 unspecified atom stereocenters. The number of hydrogen-bond donors (Lipinski definition) is 0. The number of nitrogens with zero attached hydrogens (tertiary/aromatic N) is 5. The second kappa shape index (κ2) is 10.5. The molecule has 0 aliphatic heterocycles. The normalized spacial score (nSPS) is 12.4. The van der Waals surface area contributed by atoms with Crippen LogP contribution in [0.2, 0.25) is 0 Å². The summed E-state index contributed by atoms with van der Waals surface area (Å²) in [6, 6.07) is 49.9. The molecule has 254 valence electrons. The maximum Gasteiger partial charge on any atom is 0.235 e. The first-order valence-electron chi connectivity index (χ1n) is 18.3. The molecule has 0 saturated carbocycles. The first-order valence-corrected chi connectivity index (χ1v) is 18.3. The summed E-state index contributed by atoms with van der Waals surface area (Å²) in [6.07, 6.45) is 1.82. The van der Waals surface area contributed by atoms with Crippen molar-refractivity contribution in [2.24, 2.45) is 0 Å². The van der Waals surface area contributed by atoms with Crippen LogP contribution in [-0.4, -0.2) is 24.5 Å². The van der Waals surface area contributed by atoms with Crippen molar-refractivity contribution in [3.63, 3.8) is 0 Å². The maximum absolute atomic E-state index is 6.91. The highest BCUT2D eigenvalue weighted by atomic mass is 16.3. The van der Waals surface area contributed by atoms with Gasteiger partial charge in [-0.15, -0.1) is 0 Å². The average molecular weight is 704 g/mol. The van der Waals surface area contributed by atoms with Crippen molar-refractivity contribution in [3.05, 3.63) is 152 Å². The van der Waals surface area contributed by atoms with Gasteiger partial charge in [-0.25, -0.2) is 15.0 Å². The van der Waals surface area contributed by atoms with Crippen molar-refractivity contribution >= 4 is 109 Å². The first-order chi connectivity index (χ1) is 27.3. The van der Waals surface area contributed by atoms with Gasteiger partial charge in [0.15, 0.2) is 0 Å². The summed E-state index contributed by atoms with van der Waals surface area (Å²) in [5.74, 6) is 0.548. The molecule has 7 nitrogen and oxygen atoms in total. The lowest BCUT2D eigenvalue weighted by Gasteiger charge is -2.13. The number of pyridine rings is 2. The minimum Gasteiger partial charge on any atom is -0.456 e. The van der Waals surface area contributed by atoms with Crippen LogP contribution in [0.25, 0.3) is 127 Å². The van der Waals surface area contributed by atoms with Gasteiger partial charge in [0.1, 0.15) is 28.0 Å². The Morgan fingerprint density at radius 3 is 2.02 bits per heavy atom. The zero-order valence-corrected chi connectivity index (χ0v) is 29.0. The molecular weight excluding hydrogens is 679 g/mol. The Bertz CT molecular complexity index is 3800. The predicted molar refractivity (Wildman–Crippen MR) is 222 cm³/mol. The zero-order valence-electron chi connectivity index (χ0n) is 29.0. The summed E-state index contributed by atoms with van der Waals surface area (Å²) in [4.78, 5) is 20.7. The fourth-order valence-corrected chi connectivity index (χ4v) is 8.89. The van der Waals surface area contributed by atoms with E-state index < -0.39 is 0 Å². The Kier molecular flexibility index (Phi) is 5.51. The van der Waals surface area contributed by atoms with Gasteiger partial charge in [-0.3, -0.25) is 9.55 Å². The van der Waals surface area contributed by atoms with E-state index >= 15 is 0 Å². The fraction of sp³-hybridized carbons (Fsp3) is 0. The smallest absolute Gasteiger partial charge is 0.235 e. The molecule has 0 amide bonds. The van der Waals surface area contributed by atoms with Crippen molar-refractivity contribution in [2.45, 2.75) is 0 Å². The first kappa shape index (κ1) is 28.9. The van der Waals surface area contributed by atoms with Crippen LogP contribution in [0.15, 0.2) is 161 Å². The van der Waals surface area contributed by atoms with E-state index in [2.05, 4.69) is 102 Å². The standard InChI is InChI=1S/C48H25N5O2/c1-5-15-33-28(11-1)45(34-23-21-27-20-19-26-10-9-25-49-43(26)44(27)50-34)52-48(51-33)53-35-16-6-2-12-29(35)42-46(53)32-22-24-38-39(30-13-3-7-17-36(30)54-38)40(32)41-31-14-4-8-18-37(31)55-47(41)42/h1-25H. The Morgan fingerprint density at radius 1 is 0.436 bits per heavy atom. The topological polar surface area (TPSA) is 82.8 Å². The second-order valence-electron chi connectivity index (χ2n) is 14.1. The van der Waals surface area contributed by atoms with Gasteiger partial charge in [0.25, 0.3) is 0 Å². The van der Waals surface area contributed by atoms with E-state index in [1.54, 1.807) is 0 Å². The number of fused-ring (bicyclic) bond motifs is 18. The van der Waals surface area contributed by atoms with Crippen molar-refractivity contribution in [3.8, 4) is 17.3 Å². The van der Waals surface area contributed by atoms with Crippen molar-refractivity contribution in [2.75, 3.05) is 0 Å². The molecule has 6 heterocycles. The van der Waals surface area contributed by atoms with Crippen LogP contribution in [0, 0.1) is 0 Å². The molecule has 0 aliphatic rings. The summed E-state index contributed by atoms with van der Waals surface area (Å²) in [6.45, 7) is 0. The molecule has 13 aromatic rings. The monoisotopic (exact) mass is 703 g/mol. The predicted octanol–water partition coefficient (Wildman–Crippen LogP) is 12.4. The lowest BCUT2D eigenvalue weighted by atomic mass is 9.96. The molecule has 0 atom stereocenters. The van der Waals surface area contributed by atoms with E-state index in [9.17, 15) is 0 Å². The van der Waals surface area contributed by atoms with Gasteiger partial charge in [0.2, 0.25) is 5.95 Å². The number of para-hydroxylation sites is 4. The Balaban J connectivity index is 1.22. The quantitative estimate of drug-likeness (QED) is 0.167. The molecule has 0 radical (unpaired) electrons. The van der Waals surface area contributed by atoms with Crippen molar-refractivity contribution < 1.29 is 8.83 Å². The zero-order chi connectivity index (χ0) is 35.8. The number of aromatic nitrogens is 5. The lowest BCUT2D eigenvalue weighted by Crippen LogP contribution is -2.04. The third-order valence-corrected chi connectivity index (χ3v) is 11.2. The van der Waals surface area contributed by atoms with Gasteiger partial charge in [-0.05, 0) is 48.5 Å². The molecule has 0 N–H and O–H groups in total. The van der Waals surface area contributed by atoms with Gasteiger partial charge in [0, 0.05) is 60.1 Å². The Morgan fingerprint density at radius 2 is 1.15 bits per heavy atom. The summed E-state index contributed by atoms with van der Waals surface area (Å²) < 4.78 is 15.6. The number of hydrogen-bond acceptors (Lipinski definition) is 6. The largest absolute Gasteiger partial charge is 0.456 e. The van der Waals surface area contributed by atoms with Crippen molar-refractivity contribution in [1.82, 2.24) is 24.5 Å². The summed E-state index contributed by atoms with van der Waals surface area (Å²) in [7, 11) is 0. The summed E-state index contributed by atoms with van der Waals surface area (Å²) >= 11 is 0. The van der Waals surface area contributed by atoms with Crippen molar-refractivity contribution in [1.29, 1.82) is 0 Å². The van der Waals surface area contributed by atoms with Crippen LogP contribution in [0.5, 0.6) is 0 Å². The minimum absolute atomic E-state index is 0.548. The summed E-state index contributed by atoms with van der Waals surface area (Å²) in [5, 5.41) is 11.4. The van der Waals surface area contributed by atoms with E-state index in [0.29, 0.717) is 5.95 Å². The summed E-state index contributed by atoms with van der Waals surface area (Å²) in [5.41, 5.74) is 9.31. The highest BCUT2D eigenvalue weighted by Gasteiger charge is 2.27. The SMILES string of the molecule is c1cnc2c(c1)ccc1ccc(-c3nc(-n4c5ccccc5c5c6oc7ccccc7c6c6c(ccc7oc8ccccc8c76)c54)nc4ccccc34)nc12. The molecule has 55 heavy (non-hydrogen) atoms. The molecule has 13 rings (SSSR count). The Labute approximate surface area is 310 Å². The molecular formula is C48H25N5O2. The van der Waals surface area contributed by atoms with E-state index in [4.69, 9.17) is 28.8 Å². The van der Waals surface area contributed by atoms with E-state index in [0.717, 1.165) is 121 Å². The van der Waals surface area contributed by atoms with Crippen LogP contribution < -0.4 is 0 Å². The lowest BCUT2D eigenvalue weighted by molar-refractivity contribution is 0.669. The molecule has 0 fully saturated rings. The van der Waals surface area contributed by atoms with Gasteiger partial charge in [0.05, 0.1) is 38.7 Å². The fourth-order valence-electron chi connectivity index (χ4n) is 8.89. The van der Waals surface area contributed by atoms with E-state index in [1.165, 1.54) is 0 Å². The molecule has 6 aromatic heterocycles. The number of benzene rings is 7. The van der Waals surface area contributed by atoms with E-state index in [1.807, 2.05) is 54.7 Å². The molecule has 0 aliphatic carbocycles. The van der Waals surface area contributed by atoms with Crippen LogP contribution in [-0.2, 0) is 0 Å². The van der Waals surface area contributed by atoms with Gasteiger partial charge in [-0.2, -0.15) is 0 Å². The maximum atomic E-state index is 6.91. The third-order valence-electron chi connectivity index (χ3n) is 11.2. The highest BCUT2D eigenvalue weighted by molar-refractivity contribution is 6.40. The van der Waals surface area contributed by atoms with Crippen LogP contribution in [0.3, 0.4) is 0 Å². The molecule has 7 aromatic carbocycles. The second-order valence-corrected chi connectivity index (χ2v) is 14.1. The van der Waals surface area contributed by atoms with Gasteiger partial charge >= 0.3 is 0 Å². The van der Waals surface area contributed by atoms with Gasteiger partial charge in [-0.1, -0.05) is 97.1 Å². The molecule has 0 spiro atoms. The molecule has 0 saturated heterocycles. The van der Waals surface area contributed by atoms with Crippen LogP contribution in [0.1, 0.15) is 0 Å².